The van der Waals surface area contributed by atoms with Gasteiger partial charge in [-0.3, -0.25) is 4.90 Å². The van der Waals surface area contributed by atoms with Crippen molar-refractivity contribution in [2.24, 2.45) is 0 Å². The van der Waals surface area contributed by atoms with Gasteiger partial charge in [0.1, 0.15) is 0 Å². The molecule has 0 aromatic heterocycles. The van der Waals surface area contributed by atoms with E-state index in [9.17, 15) is 0 Å². The van der Waals surface area contributed by atoms with Crippen LogP contribution in [-0.4, -0.2) is 36.6 Å². The van der Waals surface area contributed by atoms with Crippen LogP contribution in [0.4, 0.5) is 5.69 Å². The highest BCUT2D eigenvalue weighted by Gasteiger charge is 2.27. The highest BCUT2D eigenvalue weighted by atomic mass is 32.1. The first-order valence-corrected chi connectivity index (χ1v) is 6.97. The van der Waals surface area contributed by atoms with Crippen LogP contribution in [0.1, 0.15) is 19.4 Å². The first-order chi connectivity index (χ1) is 8.49. The number of nitrogen functional groups attached to an aromatic ring is 1. The maximum Gasteiger partial charge on any atom is 0.0449 e. The Hall–Kier alpha value is -0.710. The molecule has 1 aromatic carbocycles. The maximum atomic E-state index is 5.80. The van der Waals surface area contributed by atoms with Gasteiger partial charge in [-0.1, -0.05) is 6.07 Å². The van der Waals surface area contributed by atoms with Gasteiger partial charge >= 0.3 is 0 Å². The van der Waals surface area contributed by atoms with E-state index in [1.807, 2.05) is 6.07 Å². The highest BCUT2D eigenvalue weighted by Crippen LogP contribution is 2.24. The maximum absolute atomic E-state index is 5.80. The molecule has 1 heterocycles. The minimum Gasteiger partial charge on any atom is -0.398 e. The van der Waals surface area contributed by atoms with Gasteiger partial charge in [-0.25, -0.2) is 0 Å². The zero-order valence-corrected chi connectivity index (χ0v) is 12.1. The van der Waals surface area contributed by atoms with Crippen LogP contribution in [0.25, 0.3) is 0 Å². The molecule has 0 bridgehead atoms. The summed E-state index contributed by atoms with van der Waals surface area (Å²) < 4.78 is 0. The third-order valence-electron chi connectivity index (χ3n) is 3.70. The van der Waals surface area contributed by atoms with E-state index in [1.165, 1.54) is 5.56 Å². The Bertz CT molecular complexity index is 412. The zero-order chi connectivity index (χ0) is 13.2. The molecule has 0 aliphatic carbocycles. The van der Waals surface area contributed by atoms with Gasteiger partial charge in [0.05, 0.1) is 0 Å². The van der Waals surface area contributed by atoms with Gasteiger partial charge < -0.3 is 11.1 Å². The Kier molecular flexibility index (Phi) is 4.20. The Morgan fingerprint density at radius 1 is 1.33 bits per heavy atom. The van der Waals surface area contributed by atoms with Gasteiger partial charge in [-0.15, -0.1) is 12.6 Å². The number of hydrogen-bond acceptors (Lipinski definition) is 4. The SMILES string of the molecule is CC(C)(Cc1ccc(N)c(S)c1)N1CCNCC1. The standard InChI is InChI=1S/C14H23N3S/c1-14(2,17-7-5-16-6-8-17)10-11-3-4-12(15)13(18)9-11/h3-4,9,16,18H,5-8,10,15H2,1-2H3. The average molecular weight is 265 g/mol. The molecule has 0 spiro atoms. The normalized spacial score (nSPS) is 17.9. The molecular weight excluding hydrogens is 242 g/mol. The number of piperazine rings is 1. The molecule has 3 N–H and O–H groups in total. The molecule has 1 fully saturated rings. The van der Waals surface area contributed by atoms with E-state index in [4.69, 9.17) is 5.73 Å². The van der Waals surface area contributed by atoms with Gasteiger partial charge in [-0.2, -0.15) is 0 Å². The Balaban J connectivity index is 2.08. The van der Waals surface area contributed by atoms with E-state index in [0.717, 1.165) is 43.2 Å². The summed E-state index contributed by atoms with van der Waals surface area (Å²) in [6, 6.07) is 6.15. The van der Waals surface area contributed by atoms with Crippen molar-refractivity contribution in [3.05, 3.63) is 23.8 Å². The van der Waals surface area contributed by atoms with Crippen molar-refractivity contribution >= 4 is 18.3 Å². The van der Waals surface area contributed by atoms with Crippen molar-refractivity contribution in [2.45, 2.75) is 30.7 Å². The van der Waals surface area contributed by atoms with Crippen LogP contribution in [0, 0.1) is 0 Å². The van der Waals surface area contributed by atoms with E-state index in [1.54, 1.807) is 0 Å². The topological polar surface area (TPSA) is 41.3 Å². The molecule has 1 aromatic rings. The largest absolute Gasteiger partial charge is 0.398 e. The third kappa shape index (κ3) is 3.19. The van der Waals surface area contributed by atoms with Crippen molar-refractivity contribution in [1.82, 2.24) is 10.2 Å². The van der Waals surface area contributed by atoms with Crippen LogP contribution < -0.4 is 11.1 Å². The summed E-state index contributed by atoms with van der Waals surface area (Å²) in [7, 11) is 0. The van der Waals surface area contributed by atoms with Crippen molar-refractivity contribution < 1.29 is 0 Å². The van der Waals surface area contributed by atoms with Crippen LogP contribution in [0.5, 0.6) is 0 Å². The summed E-state index contributed by atoms with van der Waals surface area (Å²) in [6.07, 6.45) is 1.03. The monoisotopic (exact) mass is 265 g/mol. The summed E-state index contributed by atoms with van der Waals surface area (Å²) in [5.74, 6) is 0. The van der Waals surface area contributed by atoms with E-state index in [2.05, 4.69) is 48.8 Å². The van der Waals surface area contributed by atoms with Crippen LogP contribution >= 0.6 is 12.6 Å². The molecule has 1 saturated heterocycles. The summed E-state index contributed by atoms with van der Waals surface area (Å²) in [5.41, 5.74) is 8.03. The van der Waals surface area contributed by atoms with Crippen molar-refractivity contribution in [3.63, 3.8) is 0 Å². The lowest BCUT2D eigenvalue weighted by Crippen LogP contribution is -2.54. The van der Waals surface area contributed by atoms with E-state index in [0.29, 0.717) is 0 Å². The lowest BCUT2D eigenvalue weighted by atomic mass is 9.92. The average Bonchev–Trinajstić information content (AvgIpc) is 2.35. The molecule has 0 atom stereocenters. The molecular formula is C14H23N3S. The van der Waals surface area contributed by atoms with Crippen LogP contribution in [0.15, 0.2) is 23.1 Å². The predicted octanol–water partition coefficient (Wildman–Crippen LogP) is 1.78. The number of benzene rings is 1. The summed E-state index contributed by atoms with van der Waals surface area (Å²) in [4.78, 5) is 3.43. The molecule has 1 aliphatic heterocycles. The van der Waals surface area contributed by atoms with Gasteiger partial charge in [0.25, 0.3) is 0 Å². The van der Waals surface area contributed by atoms with Gasteiger partial charge in [0.15, 0.2) is 0 Å². The molecule has 0 unspecified atom stereocenters. The van der Waals surface area contributed by atoms with Crippen molar-refractivity contribution in [3.8, 4) is 0 Å². The lowest BCUT2D eigenvalue weighted by molar-refractivity contribution is 0.103. The number of anilines is 1. The molecule has 0 saturated carbocycles. The summed E-state index contributed by atoms with van der Waals surface area (Å²) in [6.45, 7) is 9.04. The fourth-order valence-electron chi connectivity index (χ4n) is 2.58. The van der Waals surface area contributed by atoms with Crippen molar-refractivity contribution in [1.29, 1.82) is 0 Å². The number of hydrogen-bond donors (Lipinski definition) is 3. The number of rotatable bonds is 3. The van der Waals surface area contributed by atoms with Crippen LogP contribution in [0.2, 0.25) is 0 Å². The Morgan fingerprint density at radius 2 is 2.00 bits per heavy atom. The van der Waals surface area contributed by atoms with E-state index >= 15 is 0 Å². The molecule has 0 radical (unpaired) electrons. The molecule has 0 amide bonds. The number of thiol groups is 1. The van der Waals surface area contributed by atoms with Crippen LogP contribution in [0.3, 0.4) is 0 Å². The van der Waals surface area contributed by atoms with E-state index in [-0.39, 0.29) is 5.54 Å². The van der Waals surface area contributed by atoms with Gasteiger partial charge in [0.2, 0.25) is 0 Å². The number of nitrogens with zero attached hydrogens (tertiary/aromatic N) is 1. The molecule has 100 valence electrons. The Morgan fingerprint density at radius 3 is 2.61 bits per heavy atom. The molecule has 1 aliphatic rings. The quantitative estimate of drug-likeness (QED) is 0.576. The first kappa shape index (κ1) is 13.7. The van der Waals surface area contributed by atoms with Gasteiger partial charge in [-0.05, 0) is 38.0 Å². The van der Waals surface area contributed by atoms with Crippen molar-refractivity contribution in [2.75, 3.05) is 31.9 Å². The fourth-order valence-corrected chi connectivity index (χ4v) is 2.82. The molecule has 18 heavy (non-hydrogen) atoms. The second kappa shape index (κ2) is 5.51. The second-order valence-electron chi connectivity index (χ2n) is 5.62. The fraction of sp³-hybridized carbons (Fsp3) is 0.571. The lowest BCUT2D eigenvalue weighted by Gasteiger charge is -2.41. The third-order valence-corrected chi connectivity index (χ3v) is 4.09. The number of nitrogens with two attached hydrogens (primary N) is 1. The highest BCUT2D eigenvalue weighted by molar-refractivity contribution is 7.80. The summed E-state index contributed by atoms with van der Waals surface area (Å²) in [5, 5.41) is 3.40. The Labute approximate surface area is 115 Å². The minimum absolute atomic E-state index is 0.179. The first-order valence-electron chi connectivity index (χ1n) is 6.52. The smallest absolute Gasteiger partial charge is 0.0449 e. The summed E-state index contributed by atoms with van der Waals surface area (Å²) >= 11 is 4.40. The van der Waals surface area contributed by atoms with Crippen LogP contribution in [-0.2, 0) is 6.42 Å². The molecule has 2 rings (SSSR count). The van der Waals surface area contributed by atoms with E-state index < -0.39 is 0 Å². The second-order valence-corrected chi connectivity index (χ2v) is 6.10. The molecule has 4 heteroatoms. The molecule has 3 nitrogen and oxygen atoms in total. The zero-order valence-electron chi connectivity index (χ0n) is 11.2. The minimum atomic E-state index is 0.179. The predicted molar refractivity (Wildman–Crippen MR) is 80.3 cm³/mol. The van der Waals surface area contributed by atoms with Gasteiger partial charge in [0, 0.05) is 42.3 Å². The number of nitrogens with one attached hydrogen (secondary N) is 1.